The highest BCUT2D eigenvalue weighted by atomic mass is 16.1. The van der Waals surface area contributed by atoms with Gasteiger partial charge in [-0.25, -0.2) is 15.0 Å². The van der Waals surface area contributed by atoms with Crippen LogP contribution in [0.15, 0.2) is 36.5 Å². The molecule has 6 nitrogen and oxygen atoms in total. The van der Waals surface area contributed by atoms with E-state index in [-0.39, 0.29) is 5.91 Å². The summed E-state index contributed by atoms with van der Waals surface area (Å²) in [7, 11) is 3.83. The second-order valence-corrected chi connectivity index (χ2v) is 6.88. The third-order valence-electron chi connectivity index (χ3n) is 4.56. The fraction of sp³-hybridized carbons (Fsp3) is 0.300. The Bertz CT molecular complexity index is 995. The van der Waals surface area contributed by atoms with Crippen molar-refractivity contribution in [3.63, 3.8) is 0 Å². The van der Waals surface area contributed by atoms with Crippen LogP contribution in [0, 0.1) is 6.92 Å². The zero-order chi connectivity index (χ0) is 18.3. The van der Waals surface area contributed by atoms with Crippen LogP contribution >= 0.6 is 0 Å². The summed E-state index contributed by atoms with van der Waals surface area (Å²) in [6.07, 6.45) is 3.94. The van der Waals surface area contributed by atoms with Crippen molar-refractivity contribution in [2.75, 3.05) is 24.3 Å². The zero-order valence-corrected chi connectivity index (χ0v) is 15.2. The van der Waals surface area contributed by atoms with Crippen LogP contribution < -0.4 is 10.2 Å². The molecule has 1 aliphatic carbocycles. The summed E-state index contributed by atoms with van der Waals surface area (Å²) in [4.78, 5) is 28.4. The maximum atomic E-state index is 13.1. The molecule has 2 heterocycles. The molecule has 0 unspecified atom stereocenters. The van der Waals surface area contributed by atoms with Crippen molar-refractivity contribution in [3.05, 3.63) is 53.6 Å². The third-order valence-corrected chi connectivity index (χ3v) is 4.56. The van der Waals surface area contributed by atoms with Gasteiger partial charge >= 0.3 is 0 Å². The van der Waals surface area contributed by atoms with E-state index in [0.29, 0.717) is 17.2 Å². The van der Waals surface area contributed by atoms with Gasteiger partial charge in [0.1, 0.15) is 11.6 Å². The molecule has 4 rings (SSSR count). The maximum absolute atomic E-state index is 13.1. The molecule has 1 saturated carbocycles. The number of aryl methyl sites for hydroxylation is 1. The zero-order valence-electron chi connectivity index (χ0n) is 15.2. The highest BCUT2D eigenvalue weighted by molar-refractivity contribution is 6.13. The Morgan fingerprint density at radius 2 is 1.96 bits per heavy atom. The number of hydrogen-bond donors (Lipinski definition) is 1. The number of amides is 1. The Balaban J connectivity index is 1.75. The van der Waals surface area contributed by atoms with E-state index in [1.54, 1.807) is 6.20 Å². The number of pyridine rings is 1. The molecule has 1 N–H and O–H groups in total. The van der Waals surface area contributed by atoms with Crippen LogP contribution in [-0.4, -0.2) is 35.0 Å². The van der Waals surface area contributed by atoms with Gasteiger partial charge in [-0.1, -0.05) is 18.2 Å². The van der Waals surface area contributed by atoms with Crippen LogP contribution in [0.3, 0.4) is 0 Å². The number of fused-ring (bicyclic) bond motifs is 1. The Hall–Kier alpha value is -3.02. The summed E-state index contributed by atoms with van der Waals surface area (Å²) in [5.41, 5.74) is 3.04. The first-order valence-corrected chi connectivity index (χ1v) is 8.75. The lowest BCUT2D eigenvalue weighted by Crippen LogP contribution is -2.17. The largest absolute Gasteiger partial charge is 0.363 e. The van der Waals surface area contributed by atoms with Crippen molar-refractivity contribution >= 4 is 28.3 Å². The Kier molecular flexibility index (Phi) is 4.03. The van der Waals surface area contributed by atoms with Gasteiger partial charge in [-0.2, -0.15) is 0 Å². The summed E-state index contributed by atoms with van der Waals surface area (Å²) < 4.78 is 0. The molecule has 2 aromatic heterocycles. The van der Waals surface area contributed by atoms with Crippen molar-refractivity contribution in [1.29, 1.82) is 0 Å². The lowest BCUT2D eigenvalue weighted by molar-refractivity contribution is 0.102. The average Bonchev–Trinajstić information content (AvgIpc) is 3.47. The van der Waals surface area contributed by atoms with Crippen molar-refractivity contribution in [3.8, 4) is 0 Å². The van der Waals surface area contributed by atoms with Gasteiger partial charge in [0.15, 0.2) is 0 Å². The second-order valence-electron chi connectivity index (χ2n) is 6.88. The summed E-state index contributed by atoms with van der Waals surface area (Å²) in [6.45, 7) is 1.87. The number of benzene rings is 1. The predicted octanol–water partition coefficient (Wildman–Crippen LogP) is 3.53. The SMILES string of the molecule is Cc1ncc(NC(=O)c2cc(N(C)C)nc3ccccc23)c(C2CC2)n1. The first-order valence-electron chi connectivity index (χ1n) is 8.75. The van der Waals surface area contributed by atoms with E-state index < -0.39 is 0 Å². The van der Waals surface area contributed by atoms with E-state index in [1.165, 1.54) is 0 Å². The molecule has 0 bridgehead atoms. The molecule has 26 heavy (non-hydrogen) atoms. The molecule has 132 valence electrons. The molecule has 1 amide bonds. The third kappa shape index (κ3) is 3.10. The lowest BCUT2D eigenvalue weighted by Gasteiger charge is -2.16. The Morgan fingerprint density at radius 3 is 2.69 bits per heavy atom. The Morgan fingerprint density at radius 1 is 1.19 bits per heavy atom. The molecule has 0 spiro atoms. The molecule has 0 atom stereocenters. The molecular formula is C20H21N5O. The van der Waals surface area contributed by atoms with Gasteiger partial charge in [0.2, 0.25) is 0 Å². The number of carbonyl (C=O) groups excluding carboxylic acids is 1. The number of carbonyl (C=O) groups is 1. The molecule has 3 aromatic rings. The van der Waals surface area contributed by atoms with Crippen molar-refractivity contribution in [2.24, 2.45) is 0 Å². The normalized spacial score (nSPS) is 13.7. The van der Waals surface area contributed by atoms with E-state index in [9.17, 15) is 4.79 Å². The molecular weight excluding hydrogens is 326 g/mol. The van der Waals surface area contributed by atoms with E-state index >= 15 is 0 Å². The number of aromatic nitrogens is 3. The van der Waals surface area contributed by atoms with E-state index in [2.05, 4.69) is 20.3 Å². The topological polar surface area (TPSA) is 71.0 Å². The molecule has 0 aliphatic heterocycles. The van der Waals surface area contributed by atoms with Gasteiger partial charge in [-0.05, 0) is 31.9 Å². The van der Waals surface area contributed by atoms with Gasteiger partial charge in [0, 0.05) is 25.4 Å². The van der Waals surface area contributed by atoms with Crippen molar-refractivity contribution in [1.82, 2.24) is 15.0 Å². The number of nitrogens with one attached hydrogen (secondary N) is 1. The molecule has 0 radical (unpaired) electrons. The quantitative estimate of drug-likeness (QED) is 0.782. The summed E-state index contributed by atoms with van der Waals surface area (Å²) in [5.74, 6) is 1.74. The number of anilines is 2. The maximum Gasteiger partial charge on any atom is 0.256 e. The first kappa shape index (κ1) is 16.4. The molecule has 1 fully saturated rings. The van der Waals surface area contributed by atoms with E-state index in [1.807, 2.05) is 56.3 Å². The predicted molar refractivity (Wildman–Crippen MR) is 103 cm³/mol. The number of hydrogen-bond acceptors (Lipinski definition) is 5. The first-order chi connectivity index (χ1) is 12.5. The van der Waals surface area contributed by atoms with Crippen LogP contribution in [0.5, 0.6) is 0 Å². The van der Waals surface area contributed by atoms with Crippen LogP contribution in [-0.2, 0) is 0 Å². The minimum atomic E-state index is -0.166. The summed E-state index contributed by atoms with van der Waals surface area (Å²) in [6, 6.07) is 9.51. The van der Waals surface area contributed by atoms with Gasteiger partial charge < -0.3 is 10.2 Å². The summed E-state index contributed by atoms with van der Waals surface area (Å²) in [5, 5.41) is 3.85. The van der Waals surface area contributed by atoms with Crippen LogP contribution in [0.2, 0.25) is 0 Å². The fourth-order valence-corrected chi connectivity index (χ4v) is 3.02. The lowest BCUT2D eigenvalue weighted by atomic mass is 10.1. The number of nitrogens with zero attached hydrogens (tertiary/aromatic N) is 4. The minimum Gasteiger partial charge on any atom is -0.363 e. The highest BCUT2D eigenvalue weighted by Gasteiger charge is 2.29. The van der Waals surface area contributed by atoms with Crippen LogP contribution in [0.1, 0.15) is 40.6 Å². The monoisotopic (exact) mass is 347 g/mol. The van der Waals surface area contributed by atoms with Crippen LogP contribution in [0.25, 0.3) is 10.9 Å². The summed E-state index contributed by atoms with van der Waals surface area (Å²) >= 11 is 0. The average molecular weight is 347 g/mol. The Labute approximate surface area is 152 Å². The van der Waals surface area contributed by atoms with Gasteiger partial charge in [-0.15, -0.1) is 0 Å². The van der Waals surface area contributed by atoms with E-state index in [4.69, 9.17) is 0 Å². The minimum absolute atomic E-state index is 0.166. The smallest absolute Gasteiger partial charge is 0.256 e. The number of rotatable bonds is 4. The fourth-order valence-electron chi connectivity index (χ4n) is 3.02. The second kappa shape index (κ2) is 6.37. The molecule has 1 aromatic carbocycles. The van der Waals surface area contributed by atoms with Gasteiger partial charge in [0.25, 0.3) is 5.91 Å². The van der Waals surface area contributed by atoms with Crippen LogP contribution in [0.4, 0.5) is 11.5 Å². The highest BCUT2D eigenvalue weighted by Crippen LogP contribution is 2.42. The van der Waals surface area contributed by atoms with Gasteiger partial charge in [-0.3, -0.25) is 4.79 Å². The van der Waals surface area contributed by atoms with Gasteiger partial charge in [0.05, 0.1) is 28.7 Å². The molecule has 1 aliphatic rings. The number of para-hydroxylation sites is 1. The molecule has 0 saturated heterocycles. The van der Waals surface area contributed by atoms with Crippen molar-refractivity contribution in [2.45, 2.75) is 25.7 Å². The molecule has 6 heteroatoms. The van der Waals surface area contributed by atoms with Crippen molar-refractivity contribution < 1.29 is 4.79 Å². The van der Waals surface area contributed by atoms with E-state index in [0.717, 1.165) is 41.1 Å². The standard InChI is InChI=1S/C20H21N5O/c1-12-21-11-17(19(22-12)13-8-9-13)24-20(26)15-10-18(25(2)3)23-16-7-5-4-6-14(15)16/h4-7,10-11,13H,8-9H2,1-3H3,(H,24,26).